The molecular weight excluding hydrogens is 237 g/mol. The van der Waals surface area contributed by atoms with Crippen LogP contribution in [0.15, 0.2) is 24.3 Å². The van der Waals surface area contributed by atoms with Crippen molar-refractivity contribution in [2.24, 2.45) is 5.92 Å². The van der Waals surface area contributed by atoms with Gasteiger partial charge in [-0.25, -0.2) is 4.39 Å². The molecule has 1 aliphatic carbocycles. The van der Waals surface area contributed by atoms with Crippen LogP contribution in [0.25, 0.3) is 0 Å². The van der Waals surface area contributed by atoms with Crippen LogP contribution in [-0.2, 0) is 0 Å². The molecular formula is C17H26FN. The summed E-state index contributed by atoms with van der Waals surface area (Å²) in [5.74, 6) is 0.637. The Morgan fingerprint density at radius 1 is 1.00 bits per heavy atom. The second-order valence-corrected chi connectivity index (χ2v) is 5.98. The van der Waals surface area contributed by atoms with E-state index in [4.69, 9.17) is 0 Å². The molecule has 0 bridgehead atoms. The Hall–Kier alpha value is -0.890. The molecule has 2 heteroatoms. The number of hydrogen-bond acceptors (Lipinski definition) is 1. The smallest absolute Gasteiger partial charge is 0.123 e. The minimum atomic E-state index is -0.159. The highest BCUT2D eigenvalue weighted by Crippen LogP contribution is 2.26. The summed E-state index contributed by atoms with van der Waals surface area (Å²) in [4.78, 5) is 0. The zero-order valence-corrected chi connectivity index (χ0v) is 12.2. The van der Waals surface area contributed by atoms with E-state index in [1.807, 2.05) is 12.1 Å². The monoisotopic (exact) mass is 263 g/mol. The number of nitrogens with one attached hydrogen (secondary N) is 1. The maximum absolute atomic E-state index is 12.9. The van der Waals surface area contributed by atoms with Crippen molar-refractivity contribution >= 4 is 0 Å². The molecule has 0 spiro atoms. The quantitative estimate of drug-likeness (QED) is 0.767. The van der Waals surface area contributed by atoms with Crippen molar-refractivity contribution < 1.29 is 4.39 Å². The van der Waals surface area contributed by atoms with Crippen molar-refractivity contribution in [2.75, 3.05) is 0 Å². The lowest BCUT2D eigenvalue weighted by Crippen LogP contribution is -2.35. The summed E-state index contributed by atoms with van der Waals surface area (Å²) in [5, 5.41) is 3.69. The Balaban J connectivity index is 1.89. The third kappa shape index (κ3) is 4.31. The van der Waals surface area contributed by atoms with Crippen LogP contribution in [-0.4, -0.2) is 6.04 Å². The topological polar surface area (TPSA) is 12.0 Å². The van der Waals surface area contributed by atoms with E-state index in [0.29, 0.717) is 12.1 Å². The van der Waals surface area contributed by atoms with Crippen LogP contribution in [0.3, 0.4) is 0 Å². The van der Waals surface area contributed by atoms with Gasteiger partial charge in [0.1, 0.15) is 5.82 Å². The van der Waals surface area contributed by atoms with Gasteiger partial charge in [0.25, 0.3) is 0 Å². The fourth-order valence-electron chi connectivity index (χ4n) is 3.19. The highest BCUT2D eigenvalue weighted by atomic mass is 19.1. The zero-order valence-electron chi connectivity index (χ0n) is 12.2. The molecule has 1 nitrogen and oxygen atoms in total. The van der Waals surface area contributed by atoms with Crippen LogP contribution in [0, 0.1) is 11.7 Å². The Kier molecular flexibility index (Phi) is 5.38. The summed E-state index contributed by atoms with van der Waals surface area (Å²) in [5.41, 5.74) is 1.17. The van der Waals surface area contributed by atoms with Gasteiger partial charge in [-0.15, -0.1) is 0 Å². The van der Waals surface area contributed by atoms with Gasteiger partial charge in [-0.3, -0.25) is 0 Å². The average molecular weight is 263 g/mol. The van der Waals surface area contributed by atoms with Gasteiger partial charge < -0.3 is 5.32 Å². The van der Waals surface area contributed by atoms with Gasteiger partial charge in [0.2, 0.25) is 0 Å². The molecule has 1 fully saturated rings. The predicted molar refractivity (Wildman–Crippen MR) is 78.6 cm³/mol. The molecule has 1 saturated carbocycles. The van der Waals surface area contributed by atoms with Crippen LogP contribution >= 0.6 is 0 Å². The predicted octanol–water partition coefficient (Wildman–Crippen LogP) is 4.84. The molecule has 0 aliphatic heterocycles. The SMILES string of the molecule is CC(N[C@H](C)C1CCCCCC1)c1ccc(F)cc1. The minimum Gasteiger partial charge on any atom is -0.307 e. The van der Waals surface area contributed by atoms with E-state index in [9.17, 15) is 4.39 Å². The number of halogens is 1. The third-order valence-corrected chi connectivity index (χ3v) is 4.49. The third-order valence-electron chi connectivity index (χ3n) is 4.49. The van der Waals surface area contributed by atoms with Gasteiger partial charge in [-0.1, -0.05) is 37.8 Å². The highest BCUT2D eigenvalue weighted by molar-refractivity contribution is 5.19. The first-order valence-electron chi connectivity index (χ1n) is 7.68. The van der Waals surface area contributed by atoms with Crippen molar-refractivity contribution in [3.8, 4) is 0 Å². The average Bonchev–Trinajstić information content (AvgIpc) is 2.68. The van der Waals surface area contributed by atoms with Crippen LogP contribution in [0.5, 0.6) is 0 Å². The minimum absolute atomic E-state index is 0.159. The molecule has 1 aliphatic rings. The number of hydrogen-bond donors (Lipinski definition) is 1. The van der Waals surface area contributed by atoms with E-state index in [1.54, 1.807) is 12.1 Å². The molecule has 1 aromatic rings. The van der Waals surface area contributed by atoms with Crippen LogP contribution < -0.4 is 5.32 Å². The summed E-state index contributed by atoms with van der Waals surface area (Å²) in [6.45, 7) is 4.47. The first-order chi connectivity index (χ1) is 9.16. The zero-order chi connectivity index (χ0) is 13.7. The Morgan fingerprint density at radius 3 is 2.16 bits per heavy atom. The van der Waals surface area contributed by atoms with E-state index in [0.717, 1.165) is 5.92 Å². The highest BCUT2D eigenvalue weighted by Gasteiger charge is 2.20. The lowest BCUT2D eigenvalue weighted by Gasteiger charge is -2.27. The Labute approximate surface area is 116 Å². The maximum atomic E-state index is 12.9. The molecule has 0 radical (unpaired) electrons. The fourth-order valence-corrected chi connectivity index (χ4v) is 3.19. The summed E-state index contributed by atoms with van der Waals surface area (Å²) in [6, 6.07) is 7.69. The molecule has 106 valence electrons. The van der Waals surface area contributed by atoms with Gasteiger partial charge in [-0.05, 0) is 50.3 Å². The lowest BCUT2D eigenvalue weighted by atomic mass is 9.92. The lowest BCUT2D eigenvalue weighted by molar-refractivity contribution is 0.316. The standard InChI is InChI=1S/C17H26FN/c1-13(15-7-5-3-4-6-8-15)19-14(2)16-9-11-17(18)12-10-16/h9-15,19H,3-8H2,1-2H3/t13-,14?/m1/s1. The van der Waals surface area contributed by atoms with Crippen LogP contribution in [0.1, 0.15) is 64.0 Å². The van der Waals surface area contributed by atoms with Gasteiger partial charge in [-0.2, -0.15) is 0 Å². The van der Waals surface area contributed by atoms with Gasteiger partial charge in [0.05, 0.1) is 0 Å². The number of benzene rings is 1. The Morgan fingerprint density at radius 2 is 1.58 bits per heavy atom. The van der Waals surface area contributed by atoms with E-state index in [-0.39, 0.29) is 5.82 Å². The van der Waals surface area contributed by atoms with E-state index in [1.165, 1.54) is 44.1 Å². The molecule has 2 atom stereocenters. The van der Waals surface area contributed by atoms with Crippen molar-refractivity contribution in [1.82, 2.24) is 5.32 Å². The van der Waals surface area contributed by atoms with Gasteiger partial charge in [0.15, 0.2) is 0 Å². The fraction of sp³-hybridized carbons (Fsp3) is 0.647. The first-order valence-corrected chi connectivity index (χ1v) is 7.68. The van der Waals surface area contributed by atoms with E-state index >= 15 is 0 Å². The van der Waals surface area contributed by atoms with Gasteiger partial charge >= 0.3 is 0 Å². The Bertz CT molecular complexity index is 365. The first kappa shape index (κ1) is 14.5. The van der Waals surface area contributed by atoms with Crippen LogP contribution in [0.2, 0.25) is 0 Å². The molecule has 1 aromatic carbocycles. The summed E-state index contributed by atoms with van der Waals surface area (Å²) < 4.78 is 12.9. The van der Waals surface area contributed by atoms with E-state index in [2.05, 4.69) is 19.2 Å². The van der Waals surface area contributed by atoms with Crippen LogP contribution in [0.4, 0.5) is 4.39 Å². The van der Waals surface area contributed by atoms with Crippen molar-refractivity contribution in [3.63, 3.8) is 0 Å². The van der Waals surface area contributed by atoms with Crippen molar-refractivity contribution in [2.45, 2.75) is 64.5 Å². The summed E-state index contributed by atoms with van der Waals surface area (Å²) in [7, 11) is 0. The van der Waals surface area contributed by atoms with Crippen molar-refractivity contribution in [1.29, 1.82) is 0 Å². The van der Waals surface area contributed by atoms with E-state index < -0.39 is 0 Å². The normalized spacial score (nSPS) is 20.8. The summed E-state index contributed by atoms with van der Waals surface area (Å²) >= 11 is 0. The largest absolute Gasteiger partial charge is 0.307 e. The second kappa shape index (κ2) is 7.04. The molecule has 0 saturated heterocycles. The molecule has 0 aromatic heterocycles. The molecule has 0 heterocycles. The molecule has 2 rings (SSSR count). The van der Waals surface area contributed by atoms with Gasteiger partial charge in [0, 0.05) is 12.1 Å². The molecule has 1 N–H and O–H groups in total. The number of rotatable bonds is 4. The second-order valence-electron chi connectivity index (χ2n) is 5.98. The molecule has 1 unspecified atom stereocenters. The maximum Gasteiger partial charge on any atom is 0.123 e. The molecule has 0 amide bonds. The summed E-state index contributed by atoms with van der Waals surface area (Å²) in [6.07, 6.45) is 8.26. The molecule has 19 heavy (non-hydrogen) atoms. The van der Waals surface area contributed by atoms with Crippen molar-refractivity contribution in [3.05, 3.63) is 35.6 Å².